The summed E-state index contributed by atoms with van der Waals surface area (Å²) in [6.07, 6.45) is 1.06. The largest absolute Gasteiger partial charge is 0.356 e. The lowest BCUT2D eigenvalue weighted by Crippen LogP contribution is -2.43. The van der Waals surface area contributed by atoms with Crippen LogP contribution in [0.15, 0.2) is 29.3 Å². The molecule has 0 aromatic heterocycles. The predicted molar refractivity (Wildman–Crippen MR) is 94.5 cm³/mol. The molecule has 1 aromatic rings. The first kappa shape index (κ1) is 19.1. The molecule has 0 heterocycles. The van der Waals surface area contributed by atoms with E-state index in [1.807, 2.05) is 12.1 Å². The molecule has 0 aliphatic carbocycles. The van der Waals surface area contributed by atoms with Crippen LogP contribution in [-0.4, -0.2) is 26.1 Å². The van der Waals surface area contributed by atoms with Gasteiger partial charge in [-0.15, -0.1) is 24.0 Å². The second-order valence-corrected chi connectivity index (χ2v) is 5.24. The number of aliphatic imine (C=N–C) groups is 1. The molecule has 0 saturated carbocycles. The van der Waals surface area contributed by atoms with Gasteiger partial charge in [-0.1, -0.05) is 32.9 Å². The van der Waals surface area contributed by atoms with Crippen LogP contribution in [0.4, 0.5) is 4.39 Å². The van der Waals surface area contributed by atoms with Gasteiger partial charge in [-0.05, 0) is 24.1 Å². The van der Waals surface area contributed by atoms with Crippen molar-refractivity contribution in [3.05, 3.63) is 35.6 Å². The van der Waals surface area contributed by atoms with Crippen molar-refractivity contribution >= 4 is 29.9 Å². The second kappa shape index (κ2) is 9.15. The van der Waals surface area contributed by atoms with Crippen LogP contribution in [0.3, 0.4) is 0 Å². The summed E-state index contributed by atoms with van der Waals surface area (Å²) in [5, 5.41) is 6.53. The second-order valence-electron chi connectivity index (χ2n) is 5.24. The van der Waals surface area contributed by atoms with Gasteiger partial charge in [0.25, 0.3) is 0 Å². The Hall–Kier alpha value is -0.850. The van der Waals surface area contributed by atoms with Crippen LogP contribution in [0, 0.1) is 5.82 Å². The number of guanidine groups is 1. The van der Waals surface area contributed by atoms with Crippen molar-refractivity contribution in [2.24, 2.45) is 4.99 Å². The highest BCUT2D eigenvalue weighted by molar-refractivity contribution is 14.0. The van der Waals surface area contributed by atoms with Crippen molar-refractivity contribution in [2.75, 3.05) is 20.1 Å². The maximum atomic E-state index is 12.9. The molecule has 0 atom stereocenters. The van der Waals surface area contributed by atoms with Crippen LogP contribution in [0.25, 0.3) is 0 Å². The Bertz CT molecular complexity index is 416. The van der Waals surface area contributed by atoms with Gasteiger partial charge in [-0.25, -0.2) is 4.39 Å². The Morgan fingerprint density at radius 3 is 2.30 bits per heavy atom. The molecule has 1 aromatic carbocycles. The van der Waals surface area contributed by atoms with E-state index in [4.69, 9.17) is 0 Å². The fraction of sp³-hybridized carbons (Fsp3) is 0.533. The molecule has 20 heavy (non-hydrogen) atoms. The molecular weight excluding hydrogens is 368 g/mol. The van der Waals surface area contributed by atoms with Crippen LogP contribution in [0.2, 0.25) is 0 Å². The molecule has 114 valence electrons. The zero-order valence-corrected chi connectivity index (χ0v) is 15.0. The van der Waals surface area contributed by atoms with E-state index in [1.165, 1.54) is 12.1 Å². The molecule has 0 saturated heterocycles. The lowest BCUT2D eigenvalue weighted by molar-refractivity contribution is 0.507. The van der Waals surface area contributed by atoms with E-state index in [9.17, 15) is 4.39 Å². The van der Waals surface area contributed by atoms with E-state index in [2.05, 4.69) is 36.4 Å². The Morgan fingerprint density at radius 2 is 1.80 bits per heavy atom. The van der Waals surface area contributed by atoms with Crippen molar-refractivity contribution in [3.8, 4) is 0 Å². The van der Waals surface area contributed by atoms with E-state index in [0.717, 1.165) is 31.0 Å². The topological polar surface area (TPSA) is 36.4 Å². The smallest absolute Gasteiger partial charge is 0.191 e. The number of hydrogen-bond acceptors (Lipinski definition) is 1. The van der Waals surface area contributed by atoms with Gasteiger partial charge in [0.2, 0.25) is 0 Å². The number of halogens is 2. The highest BCUT2D eigenvalue weighted by Crippen LogP contribution is 2.22. The van der Waals surface area contributed by atoms with Gasteiger partial charge in [0.15, 0.2) is 5.96 Å². The summed E-state index contributed by atoms with van der Waals surface area (Å²) in [6, 6.07) is 6.67. The SMILES string of the molecule is CCCNC(=NC)NCC(C)(C)c1ccc(F)cc1.I. The van der Waals surface area contributed by atoms with Crippen LogP contribution in [0.5, 0.6) is 0 Å². The quantitative estimate of drug-likeness (QED) is 0.458. The molecule has 1 rings (SSSR count). The zero-order chi connectivity index (χ0) is 14.3. The molecule has 0 spiro atoms. The summed E-state index contributed by atoms with van der Waals surface area (Å²) in [7, 11) is 1.76. The van der Waals surface area contributed by atoms with Gasteiger partial charge in [0, 0.05) is 25.6 Å². The molecule has 0 unspecified atom stereocenters. The lowest BCUT2D eigenvalue weighted by Gasteiger charge is -2.26. The minimum Gasteiger partial charge on any atom is -0.356 e. The highest BCUT2D eigenvalue weighted by Gasteiger charge is 2.20. The third kappa shape index (κ3) is 6.07. The lowest BCUT2D eigenvalue weighted by atomic mass is 9.84. The summed E-state index contributed by atoms with van der Waals surface area (Å²) >= 11 is 0. The van der Waals surface area contributed by atoms with Gasteiger partial charge in [0.05, 0.1) is 0 Å². The van der Waals surface area contributed by atoms with E-state index >= 15 is 0 Å². The van der Waals surface area contributed by atoms with Crippen molar-refractivity contribution < 1.29 is 4.39 Å². The summed E-state index contributed by atoms with van der Waals surface area (Å²) in [4.78, 5) is 4.17. The first-order valence-electron chi connectivity index (χ1n) is 6.70. The average Bonchev–Trinajstić information content (AvgIpc) is 2.39. The molecular formula is C15H25FIN3. The summed E-state index contributed by atoms with van der Waals surface area (Å²) in [5.41, 5.74) is 1.02. The van der Waals surface area contributed by atoms with Gasteiger partial charge >= 0.3 is 0 Å². The third-order valence-electron chi connectivity index (χ3n) is 3.09. The fourth-order valence-corrected chi connectivity index (χ4v) is 1.77. The normalized spacial score (nSPS) is 11.8. The summed E-state index contributed by atoms with van der Waals surface area (Å²) in [6.45, 7) is 8.00. The molecule has 5 heteroatoms. The van der Waals surface area contributed by atoms with Crippen LogP contribution in [0.1, 0.15) is 32.8 Å². The zero-order valence-electron chi connectivity index (χ0n) is 12.7. The van der Waals surface area contributed by atoms with E-state index in [-0.39, 0.29) is 35.2 Å². The molecule has 3 nitrogen and oxygen atoms in total. The number of benzene rings is 1. The van der Waals surface area contributed by atoms with Gasteiger partial charge in [-0.2, -0.15) is 0 Å². The van der Waals surface area contributed by atoms with E-state index < -0.39 is 0 Å². The molecule has 0 aliphatic rings. The highest BCUT2D eigenvalue weighted by atomic mass is 127. The first-order valence-corrected chi connectivity index (χ1v) is 6.70. The number of hydrogen-bond donors (Lipinski definition) is 2. The minimum atomic E-state index is -0.201. The standard InChI is InChI=1S/C15H24FN3.HI/c1-5-10-18-14(17-4)19-11-15(2,3)12-6-8-13(16)9-7-12;/h6-9H,5,10-11H2,1-4H3,(H2,17,18,19);1H. The van der Waals surface area contributed by atoms with Gasteiger partial charge in [-0.3, -0.25) is 4.99 Å². The summed E-state index contributed by atoms with van der Waals surface area (Å²) in [5.74, 6) is 0.602. The van der Waals surface area contributed by atoms with Crippen LogP contribution >= 0.6 is 24.0 Å². The molecule has 2 N–H and O–H groups in total. The van der Waals surface area contributed by atoms with Crippen molar-refractivity contribution in [1.29, 1.82) is 0 Å². The third-order valence-corrected chi connectivity index (χ3v) is 3.09. The van der Waals surface area contributed by atoms with Crippen molar-refractivity contribution in [2.45, 2.75) is 32.6 Å². The maximum absolute atomic E-state index is 12.9. The first-order chi connectivity index (χ1) is 8.99. The maximum Gasteiger partial charge on any atom is 0.191 e. The molecule has 0 aliphatic heterocycles. The Morgan fingerprint density at radius 1 is 1.20 bits per heavy atom. The predicted octanol–water partition coefficient (Wildman–Crippen LogP) is 3.30. The Balaban J connectivity index is 0.00000361. The Kier molecular flexibility index (Phi) is 8.76. The molecule has 0 bridgehead atoms. The fourth-order valence-electron chi connectivity index (χ4n) is 1.77. The average molecular weight is 393 g/mol. The molecule has 0 fully saturated rings. The number of rotatable bonds is 5. The summed E-state index contributed by atoms with van der Waals surface area (Å²) < 4.78 is 12.9. The molecule has 0 amide bonds. The number of nitrogens with one attached hydrogen (secondary N) is 2. The van der Waals surface area contributed by atoms with Gasteiger partial charge < -0.3 is 10.6 Å². The monoisotopic (exact) mass is 393 g/mol. The Labute approximate surface area is 138 Å². The van der Waals surface area contributed by atoms with Crippen LogP contribution in [-0.2, 0) is 5.41 Å². The minimum absolute atomic E-state index is 0. The molecule has 0 radical (unpaired) electrons. The van der Waals surface area contributed by atoms with E-state index in [1.54, 1.807) is 7.05 Å². The van der Waals surface area contributed by atoms with E-state index in [0.29, 0.717) is 0 Å². The van der Waals surface area contributed by atoms with Gasteiger partial charge in [0.1, 0.15) is 5.82 Å². The van der Waals surface area contributed by atoms with Crippen LogP contribution < -0.4 is 10.6 Å². The van der Waals surface area contributed by atoms with Crippen molar-refractivity contribution in [1.82, 2.24) is 10.6 Å². The van der Waals surface area contributed by atoms with Crippen molar-refractivity contribution in [3.63, 3.8) is 0 Å². The number of nitrogens with zero attached hydrogens (tertiary/aromatic N) is 1.